The van der Waals surface area contributed by atoms with E-state index >= 15 is 0 Å². The maximum absolute atomic E-state index is 11.5. The zero-order valence-corrected chi connectivity index (χ0v) is 15.1. The second-order valence-electron chi connectivity index (χ2n) is 5.63. The van der Waals surface area contributed by atoms with Gasteiger partial charge in [-0.3, -0.25) is 0 Å². The van der Waals surface area contributed by atoms with Gasteiger partial charge in [0.15, 0.2) is 0 Å². The quantitative estimate of drug-likeness (QED) is 0.469. The molecule has 7 heteroatoms. The summed E-state index contributed by atoms with van der Waals surface area (Å²) in [7, 11) is 1.41. The van der Waals surface area contributed by atoms with Crippen LogP contribution in [-0.4, -0.2) is 28.2 Å². The van der Waals surface area contributed by atoms with Crippen LogP contribution in [0.2, 0.25) is 0 Å². The highest BCUT2D eigenvalue weighted by Crippen LogP contribution is 2.25. The highest BCUT2D eigenvalue weighted by molar-refractivity contribution is 6.15. The Morgan fingerprint density at radius 1 is 1.04 bits per heavy atom. The van der Waals surface area contributed by atoms with Crippen molar-refractivity contribution in [1.82, 2.24) is 9.97 Å². The molecule has 0 aliphatic heterocycles. The van der Waals surface area contributed by atoms with Gasteiger partial charge in [0.1, 0.15) is 23.7 Å². The highest BCUT2D eigenvalue weighted by atomic mass is 16.5. The van der Waals surface area contributed by atoms with Gasteiger partial charge in [0.25, 0.3) is 0 Å². The molecule has 0 aliphatic rings. The van der Waals surface area contributed by atoms with Gasteiger partial charge in [-0.25, -0.2) is 14.8 Å². The monoisotopic (exact) mass is 378 g/mol. The molecular weight excluding hydrogens is 360 g/mol. The number of benzene rings is 2. The van der Waals surface area contributed by atoms with Crippen LogP contribution >= 0.6 is 0 Å². The van der Waals surface area contributed by atoms with E-state index in [2.05, 4.69) is 9.97 Å². The van der Waals surface area contributed by atoms with Crippen molar-refractivity contribution in [2.45, 2.75) is 6.61 Å². The van der Waals surface area contributed by atoms with Crippen LogP contribution in [0.1, 0.15) is 11.1 Å². The highest BCUT2D eigenvalue weighted by Gasteiger charge is 2.15. The minimum Gasteiger partial charge on any atom is -0.503 e. The number of nitrogens with zero attached hydrogens (tertiary/aromatic N) is 2. The summed E-state index contributed by atoms with van der Waals surface area (Å²) in [5, 5.41) is 9.43. The van der Waals surface area contributed by atoms with E-state index in [9.17, 15) is 9.90 Å². The standard InChI is InChI=1S/C21H18N2O5/c1-26-14-19(20(24)25)18-9-3-2-6-15(18)13-27-16-7-4-8-17(12-16)28-21-22-10-5-11-23-21/h2-12,14H,13H2,1H3,(H,24,25)/b19-14+. The molecular formula is C21H18N2O5. The molecule has 0 saturated carbocycles. The van der Waals surface area contributed by atoms with Gasteiger partial charge >= 0.3 is 12.0 Å². The average Bonchev–Trinajstić information content (AvgIpc) is 2.72. The Balaban J connectivity index is 1.75. The molecule has 142 valence electrons. The smallest absolute Gasteiger partial charge is 0.339 e. The molecule has 7 nitrogen and oxygen atoms in total. The zero-order chi connectivity index (χ0) is 19.8. The Hall–Kier alpha value is -3.87. The van der Waals surface area contributed by atoms with E-state index in [1.54, 1.807) is 60.9 Å². The minimum absolute atomic E-state index is 0.0556. The summed E-state index contributed by atoms with van der Waals surface area (Å²) >= 11 is 0. The number of ether oxygens (including phenoxy) is 3. The van der Waals surface area contributed by atoms with Crippen molar-refractivity contribution >= 4 is 11.5 Å². The first-order valence-corrected chi connectivity index (χ1v) is 8.39. The van der Waals surface area contributed by atoms with Crippen molar-refractivity contribution in [3.63, 3.8) is 0 Å². The van der Waals surface area contributed by atoms with Gasteiger partial charge < -0.3 is 19.3 Å². The van der Waals surface area contributed by atoms with E-state index in [4.69, 9.17) is 14.2 Å². The number of hydrogen-bond donors (Lipinski definition) is 1. The molecule has 0 unspecified atom stereocenters. The lowest BCUT2D eigenvalue weighted by atomic mass is 10.0. The summed E-state index contributed by atoms with van der Waals surface area (Å²) in [6.07, 6.45) is 4.38. The average molecular weight is 378 g/mol. The van der Waals surface area contributed by atoms with Crippen molar-refractivity contribution in [3.05, 3.63) is 84.4 Å². The molecule has 0 bridgehead atoms. The maximum atomic E-state index is 11.5. The molecule has 2 aromatic carbocycles. The summed E-state index contributed by atoms with van der Waals surface area (Å²) < 4.78 is 16.3. The number of aliphatic carboxylic acids is 1. The largest absolute Gasteiger partial charge is 0.503 e. The van der Waals surface area contributed by atoms with Crippen LogP contribution in [0.25, 0.3) is 5.57 Å². The molecule has 0 aliphatic carbocycles. The molecule has 0 radical (unpaired) electrons. The van der Waals surface area contributed by atoms with Crippen LogP contribution in [0.3, 0.4) is 0 Å². The van der Waals surface area contributed by atoms with Gasteiger partial charge in [0, 0.05) is 18.5 Å². The first kappa shape index (κ1) is 18.9. The molecule has 1 aromatic heterocycles. The predicted molar refractivity (Wildman–Crippen MR) is 102 cm³/mol. The molecule has 0 atom stereocenters. The summed E-state index contributed by atoms with van der Waals surface area (Å²) in [4.78, 5) is 19.5. The van der Waals surface area contributed by atoms with Gasteiger partial charge in [-0.05, 0) is 29.3 Å². The first-order valence-electron chi connectivity index (χ1n) is 8.39. The predicted octanol–water partition coefficient (Wildman–Crippen LogP) is 3.92. The number of carboxylic acid groups (broad SMARTS) is 1. The van der Waals surface area contributed by atoms with Gasteiger partial charge in [0.05, 0.1) is 13.4 Å². The topological polar surface area (TPSA) is 90.8 Å². The van der Waals surface area contributed by atoms with E-state index in [0.29, 0.717) is 22.6 Å². The Kier molecular flexibility index (Phi) is 6.20. The zero-order valence-electron chi connectivity index (χ0n) is 15.1. The number of carbonyl (C=O) groups is 1. The summed E-state index contributed by atoms with van der Waals surface area (Å²) in [6, 6.07) is 16.1. The normalized spacial score (nSPS) is 11.0. The number of methoxy groups -OCH3 is 1. The van der Waals surface area contributed by atoms with Gasteiger partial charge in [-0.2, -0.15) is 0 Å². The molecule has 3 rings (SSSR count). The minimum atomic E-state index is -1.08. The third kappa shape index (κ3) is 4.85. The molecule has 3 aromatic rings. The van der Waals surface area contributed by atoms with E-state index < -0.39 is 5.97 Å². The number of aromatic nitrogens is 2. The van der Waals surface area contributed by atoms with Crippen LogP contribution in [0.4, 0.5) is 0 Å². The van der Waals surface area contributed by atoms with Crippen molar-refractivity contribution < 1.29 is 24.1 Å². The van der Waals surface area contributed by atoms with E-state index in [0.717, 1.165) is 0 Å². The van der Waals surface area contributed by atoms with Crippen molar-refractivity contribution in [2.75, 3.05) is 7.11 Å². The van der Waals surface area contributed by atoms with Crippen molar-refractivity contribution in [2.24, 2.45) is 0 Å². The fourth-order valence-corrected chi connectivity index (χ4v) is 2.49. The second kappa shape index (κ2) is 9.18. The van der Waals surface area contributed by atoms with Crippen LogP contribution in [-0.2, 0) is 16.1 Å². The van der Waals surface area contributed by atoms with Gasteiger partial charge in [0.2, 0.25) is 0 Å². The van der Waals surface area contributed by atoms with Crippen molar-refractivity contribution in [3.8, 4) is 17.5 Å². The summed E-state index contributed by atoms with van der Waals surface area (Å²) in [5.41, 5.74) is 1.30. The number of hydrogen-bond acceptors (Lipinski definition) is 6. The van der Waals surface area contributed by atoms with E-state index in [1.165, 1.54) is 13.4 Å². The van der Waals surface area contributed by atoms with E-state index in [1.807, 2.05) is 6.07 Å². The fraction of sp³-hybridized carbons (Fsp3) is 0.0952. The lowest BCUT2D eigenvalue weighted by Crippen LogP contribution is -2.06. The fourth-order valence-electron chi connectivity index (χ4n) is 2.49. The third-order valence-electron chi connectivity index (χ3n) is 3.72. The molecule has 0 fully saturated rings. The van der Waals surface area contributed by atoms with E-state index in [-0.39, 0.29) is 18.2 Å². The molecule has 0 spiro atoms. The lowest BCUT2D eigenvalue weighted by Gasteiger charge is -2.12. The van der Waals surface area contributed by atoms with Gasteiger partial charge in [-0.1, -0.05) is 30.3 Å². The molecule has 28 heavy (non-hydrogen) atoms. The third-order valence-corrected chi connectivity index (χ3v) is 3.72. The Bertz CT molecular complexity index is 973. The Labute approximate surface area is 161 Å². The van der Waals surface area contributed by atoms with Crippen LogP contribution in [0, 0.1) is 0 Å². The maximum Gasteiger partial charge on any atom is 0.339 e. The first-order chi connectivity index (χ1) is 13.7. The lowest BCUT2D eigenvalue weighted by molar-refractivity contribution is -0.130. The molecule has 0 saturated heterocycles. The van der Waals surface area contributed by atoms with Gasteiger partial charge in [-0.15, -0.1) is 0 Å². The van der Waals surface area contributed by atoms with Crippen LogP contribution < -0.4 is 9.47 Å². The molecule has 0 amide bonds. The SMILES string of the molecule is CO/C=C(/C(=O)O)c1ccccc1COc1cccc(Oc2ncccn2)c1. The number of carboxylic acids is 1. The number of rotatable bonds is 8. The Morgan fingerprint density at radius 3 is 2.54 bits per heavy atom. The molecule has 1 heterocycles. The molecule has 1 N–H and O–H groups in total. The Morgan fingerprint density at radius 2 is 1.79 bits per heavy atom. The summed E-state index contributed by atoms with van der Waals surface area (Å²) in [6.45, 7) is 0.176. The van der Waals surface area contributed by atoms with Crippen molar-refractivity contribution in [1.29, 1.82) is 0 Å². The van der Waals surface area contributed by atoms with Crippen LogP contribution in [0.15, 0.2) is 73.3 Å². The van der Waals surface area contributed by atoms with Crippen LogP contribution in [0.5, 0.6) is 17.5 Å². The second-order valence-corrected chi connectivity index (χ2v) is 5.63. The summed E-state index contributed by atoms with van der Waals surface area (Å²) in [5.74, 6) is 0.0193.